The SMILES string of the molecule is CC1(C)OB(c2cc(C(F)(F)F)c(B3OC(C)(C)C(C)(C)O3)c3nonc23)OC1(C)C.CCC[CH2][Sn]([CH2]CCC)([CH2]CCC)[c]1c(C(F)(F)F)cc(C)c2nonc12.COB(OC)c1c(C(F)(F)F)cc(B(C)C)c2nonc12.Cc1cc(C(F)(F)F)[c]([Sn]([CH3])([CH3])[CH3])c2nonc12.FC(F)(F)c1cc(B2OCCCO2)c2nonc2c1B1OCCCO1. The normalized spacial score (nSPS) is 17.1. The fraction of sp³-hybridized carbons (Fsp3) is 0.595. The molecule has 122 heavy (non-hydrogen) atoms. The van der Waals surface area contributed by atoms with Crippen molar-refractivity contribution in [3.05, 3.63) is 69.3 Å². The van der Waals surface area contributed by atoms with Gasteiger partial charge in [-0.3, -0.25) is 0 Å². The van der Waals surface area contributed by atoms with Crippen molar-refractivity contribution >= 4 is 174 Å². The zero-order valence-corrected chi connectivity index (χ0v) is 76.9. The molecule has 5 aromatic heterocycles. The average molecular weight is 1950 g/mol. The standard InChI is InChI=1S/C19H25B2F3N2O5.C13H13B2F3N2O5.C11H13B2F3N2O3.2C8H4F3N2O.3C4H9.3CH3.2Sn/c1-15(2)16(3,4)28-20(27-15)11-9-10(19(22,23)24)12(14-13(11)25-31-26-14)21-29-17(5,6)18(7,8)30-21;16-13(17,18)8-7-9(14-21-3-1-4-22-14)11-12(20-25-19-11)10(8)15-23-5-2-6-24-15;1-12(2)7-5-6(11(14,15)16)8(13(19-3)20-4)10-9(7)17-21-18-10;2*1-4-2-5(8(9,10)11)3-6-7(4)13-14-12-6;3*1-3-4-2;;;;;/h9H,1-8H3;7H,1-6H2;5H,1-4H3;2*2H,1H3;3*1,3-4H2,2H3;3*1H3;;. The molecular formula is C74H95B6F15N10O15Sn2. The maximum atomic E-state index is 14.2. The van der Waals surface area contributed by atoms with Crippen molar-refractivity contribution in [3.8, 4) is 0 Å². The molecule has 0 saturated carbocycles. The van der Waals surface area contributed by atoms with Gasteiger partial charge in [-0.1, -0.05) is 50.7 Å². The van der Waals surface area contributed by atoms with E-state index in [9.17, 15) is 65.9 Å². The van der Waals surface area contributed by atoms with Gasteiger partial charge in [0.2, 0.25) is 0 Å². The van der Waals surface area contributed by atoms with Crippen LogP contribution in [0.15, 0.2) is 53.5 Å². The summed E-state index contributed by atoms with van der Waals surface area (Å²) in [5.74, 6) is 0. The summed E-state index contributed by atoms with van der Waals surface area (Å²) in [5.41, 5.74) is -4.15. The van der Waals surface area contributed by atoms with Crippen LogP contribution in [0.25, 0.3) is 55.2 Å². The minimum atomic E-state index is -4.72. The van der Waals surface area contributed by atoms with E-state index in [0.29, 0.717) is 79.6 Å². The minimum Gasteiger partial charge on any atom is -0.407 e. The summed E-state index contributed by atoms with van der Waals surface area (Å²) < 4.78 is 288. The number of halogens is 15. The van der Waals surface area contributed by atoms with E-state index < -0.39 is 153 Å². The van der Waals surface area contributed by atoms with Gasteiger partial charge in [0.25, 0.3) is 0 Å². The first kappa shape index (κ1) is 97.8. The second kappa shape index (κ2) is 37.9. The monoisotopic (exact) mass is 1950 g/mol. The first-order chi connectivity index (χ1) is 56.8. The topological polar surface area (TPSA) is 287 Å². The maximum Gasteiger partial charge on any atom is 0.496 e. The van der Waals surface area contributed by atoms with Gasteiger partial charge in [-0.2, -0.15) is 39.5 Å². The van der Waals surface area contributed by atoms with E-state index >= 15 is 0 Å². The first-order valence-electron chi connectivity index (χ1n) is 39.7. The van der Waals surface area contributed by atoms with Crippen LogP contribution in [0.5, 0.6) is 0 Å². The van der Waals surface area contributed by atoms with Crippen molar-refractivity contribution in [2.24, 2.45) is 0 Å². The molecule has 0 spiro atoms. The van der Waals surface area contributed by atoms with Crippen LogP contribution in [0.3, 0.4) is 0 Å². The van der Waals surface area contributed by atoms with Gasteiger partial charge in [-0.15, -0.1) is 0 Å². The molecule has 0 unspecified atom stereocenters. The first-order valence-corrected chi connectivity index (χ1v) is 57.2. The fourth-order valence-corrected chi connectivity index (χ4v) is 37.6. The fourth-order valence-electron chi connectivity index (χ4n) is 15.0. The average Bonchev–Trinajstić information content (AvgIpc) is 1.56. The molecule has 662 valence electrons. The molecule has 9 heterocycles. The van der Waals surface area contributed by atoms with E-state index in [2.05, 4.69) is 81.6 Å². The number of aromatic nitrogens is 10. The van der Waals surface area contributed by atoms with E-state index in [0.717, 1.165) is 76.1 Å². The van der Waals surface area contributed by atoms with Gasteiger partial charge in [-0.05, 0) is 85.8 Å². The van der Waals surface area contributed by atoms with E-state index in [1.165, 1.54) is 20.3 Å². The molecule has 4 saturated heterocycles. The number of rotatable bonds is 19. The zero-order valence-electron chi connectivity index (χ0n) is 71.2. The molecule has 0 N–H and O–H groups in total. The summed E-state index contributed by atoms with van der Waals surface area (Å²) in [4.78, 5) is 5.76. The maximum absolute atomic E-state index is 14.2. The number of hydrogen-bond acceptors (Lipinski definition) is 25. The van der Waals surface area contributed by atoms with Crippen LogP contribution in [0.2, 0.25) is 41.8 Å². The molecule has 10 aromatic rings. The molecule has 0 aliphatic carbocycles. The molecule has 4 aliphatic heterocycles. The number of unbranched alkanes of at least 4 members (excludes halogenated alkanes) is 3. The Bertz CT molecular complexity index is 5210. The minimum absolute atomic E-state index is 0.00206. The van der Waals surface area contributed by atoms with Gasteiger partial charge in [0.15, 0.2) is 6.71 Å². The van der Waals surface area contributed by atoms with Crippen LogP contribution in [0.1, 0.15) is 166 Å². The van der Waals surface area contributed by atoms with Crippen LogP contribution in [-0.2, 0) is 77.4 Å². The number of hydrogen-bond donors (Lipinski definition) is 0. The predicted molar refractivity (Wildman–Crippen MR) is 433 cm³/mol. The van der Waals surface area contributed by atoms with Crippen molar-refractivity contribution < 1.29 is 136 Å². The van der Waals surface area contributed by atoms with Crippen LogP contribution in [-0.4, -0.2) is 194 Å². The van der Waals surface area contributed by atoms with E-state index in [4.69, 9.17) is 60.4 Å². The molecule has 4 aliphatic rings. The second-order valence-corrected chi connectivity index (χ2v) is 60.9. The van der Waals surface area contributed by atoms with Crippen molar-refractivity contribution in [3.63, 3.8) is 0 Å². The Hall–Kier alpha value is -6.36. The molecule has 4 fully saturated rings. The van der Waals surface area contributed by atoms with E-state index in [1.807, 2.05) is 42.5 Å². The molecule has 14 rings (SSSR count). The number of fused-ring (bicyclic) bond motifs is 5. The van der Waals surface area contributed by atoms with Gasteiger partial charge in [0, 0.05) is 68.0 Å². The molecule has 5 aromatic carbocycles. The van der Waals surface area contributed by atoms with Gasteiger partial charge in [-0.25, -0.2) is 13.9 Å². The molecule has 0 bridgehead atoms. The summed E-state index contributed by atoms with van der Waals surface area (Å²) in [5, 5.41) is 37.7. The summed E-state index contributed by atoms with van der Waals surface area (Å²) in [6.45, 7) is 28.6. The van der Waals surface area contributed by atoms with E-state index in [1.54, 1.807) is 55.2 Å². The van der Waals surface area contributed by atoms with Gasteiger partial charge >= 0.3 is 324 Å². The number of aryl methyl sites for hydroxylation is 2. The van der Waals surface area contributed by atoms with Gasteiger partial charge in [0.05, 0.1) is 39.1 Å². The third-order valence-corrected chi connectivity index (χ3v) is 44.0. The number of alkyl halides is 15. The number of benzene rings is 5. The van der Waals surface area contributed by atoms with Crippen LogP contribution >= 0.6 is 0 Å². The molecule has 0 atom stereocenters. The Balaban J connectivity index is 0.000000162. The summed E-state index contributed by atoms with van der Waals surface area (Å²) in [6, 6.07) is 5.42. The third kappa shape index (κ3) is 20.9. The molecular weight excluding hydrogens is 1860 g/mol. The largest absolute Gasteiger partial charge is 0.496 e. The smallest absolute Gasteiger partial charge is 0.407 e. The molecule has 48 heteroatoms. The van der Waals surface area contributed by atoms with Crippen LogP contribution < -0.4 is 39.9 Å². The summed E-state index contributed by atoms with van der Waals surface area (Å²) >= 11 is -6.38. The second-order valence-electron chi connectivity index (χ2n) is 33.6. The Morgan fingerprint density at radius 1 is 0.385 bits per heavy atom. The molecule has 0 amide bonds. The van der Waals surface area contributed by atoms with Crippen molar-refractivity contribution in [2.45, 2.75) is 236 Å². The van der Waals surface area contributed by atoms with Crippen LogP contribution in [0.4, 0.5) is 65.9 Å². The van der Waals surface area contributed by atoms with E-state index in [-0.39, 0.29) is 72.6 Å². The van der Waals surface area contributed by atoms with Gasteiger partial charge < -0.3 is 46.5 Å². The van der Waals surface area contributed by atoms with Crippen molar-refractivity contribution in [1.29, 1.82) is 0 Å². The van der Waals surface area contributed by atoms with Crippen LogP contribution in [0, 0.1) is 13.8 Å². The Morgan fingerprint density at radius 2 is 0.705 bits per heavy atom. The predicted octanol–water partition coefficient (Wildman–Crippen LogP) is 14.2. The Kier molecular flexibility index (Phi) is 30.4. The Labute approximate surface area is 703 Å². The molecule has 25 nitrogen and oxygen atoms in total. The zero-order chi connectivity index (χ0) is 90.2. The summed E-state index contributed by atoms with van der Waals surface area (Å²) in [7, 11) is -3.21. The van der Waals surface area contributed by atoms with Crippen molar-refractivity contribution in [2.75, 3.05) is 40.6 Å². The number of nitrogens with zero attached hydrogens (tertiary/aromatic N) is 10. The Morgan fingerprint density at radius 3 is 1.07 bits per heavy atom. The van der Waals surface area contributed by atoms with Crippen molar-refractivity contribution in [1.82, 2.24) is 51.6 Å². The molecule has 0 radical (unpaired) electrons. The summed E-state index contributed by atoms with van der Waals surface area (Å²) in [6.07, 6.45) is -15.4. The third-order valence-electron chi connectivity index (χ3n) is 22.5. The quantitative estimate of drug-likeness (QED) is 0.0537. The van der Waals surface area contributed by atoms with Gasteiger partial charge in [0.1, 0.15) is 33.1 Å².